The first-order valence-corrected chi connectivity index (χ1v) is 44.7. The van der Waals surface area contributed by atoms with E-state index in [1.165, 1.54) is 30.8 Å². The summed E-state index contributed by atoms with van der Waals surface area (Å²) in [5, 5.41) is 29.9. The number of nitrogens with zero attached hydrogens (tertiary/aromatic N) is 6. The van der Waals surface area contributed by atoms with E-state index in [0.717, 1.165) is 42.4 Å². The zero-order chi connectivity index (χ0) is 93.6. The number of fused-ring (bicyclic) bond motifs is 5. The van der Waals surface area contributed by atoms with E-state index in [1.54, 1.807) is 36.1 Å². The number of esters is 2. The summed E-state index contributed by atoms with van der Waals surface area (Å²) in [6.07, 6.45) is 2.57. The number of pyridine rings is 2. The molecule has 1 unspecified atom stereocenters. The molecule has 6 heterocycles. The van der Waals surface area contributed by atoms with Crippen LogP contribution in [0.5, 0.6) is 5.75 Å². The number of ether oxygens (including phenoxy) is 6. The van der Waals surface area contributed by atoms with Gasteiger partial charge in [0, 0.05) is 112 Å². The maximum absolute atomic E-state index is 14.7. The number of hydrogen-bond donors (Lipinski definition) is 16. The number of cyclic esters (lactones) is 1. The molecule has 2 saturated heterocycles. The lowest BCUT2D eigenvalue weighted by molar-refractivity contribution is -0.189. The van der Waals surface area contributed by atoms with Crippen molar-refractivity contribution in [1.82, 2.24) is 56.6 Å². The summed E-state index contributed by atoms with van der Waals surface area (Å²) in [6.45, 7) is 8.00. The number of piperidine rings is 2. The van der Waals surface area contributed by atoms with Gasteiger partial charge in [-0.15, -0.1) is 0 Å². The first-order valence-electron chi connectivity index (χ1n) is 44.0. The number of unbranched alkanes of at least 4 members (excludes halogenated alkanes) is 2. The molecule has 708 valence electrons. The fraction of sp³-hybridized carbons (Fsp3) is 0.647. The van der Waals surface area contributed by atoms with Gasteiger partial charge in [-0.3, -0.25) is 72.3 Å². The third-order valence-electron chi connectivity index (χ3n) is 22.8. The predicted octanol–water partition coefficient (Wildman–Crippen LogP) is -1.72. The molecule has 9 amide bonds. The molecule has 2 fully saturated rings. The number of guanidine groups is 2. The third kappa shape index (κ3) is 31.8. The quantitative estimate of drug-likeness (QED) is 0.00768. The molecular weight excluding hydrogens is 1690 g/mol. The average Bonchev–Trinajstić information content (AvgIpc) is 1.52. The van der Waals surface area contributed by atoms with Crippen molar-refractivity contribution in [3.8, 4) is 17.1 Å². The molecule has 4 aliphatic rings. The number of rotatable bonds is 57. The van der Waals surface area contributed by atoms with Crippen molar-refractivity contribution in [2.75, 3.05) is 117 Å². The Morgan fingerprint density at radius 3 is 1.95 bits per heavy atom. The summed E-state index contributed by atoms with van der Waals surface area (Å²) in [6, 6.07) is 1.86. The van der Waals surface area contributed by atoms with Crippen molar-refractivity contribution < 1.29 is 101 Å². The number of amides is 9. The van der Waals surface area contributed by atoms with Crippen molar-refractivity contribution in [2.45, 2.75) is 218 Å². The molecular formula is C85H130N20O22S. The Labute approximate surface area is 748 Å². The van der Waals surface area contributed by atoms with Gasteiger partial charge in [0.25, 0.3) is 5.56 Å². The second-order valence-electron chi connectivity index (χ2n) is 32.3. The van der Waals surface area contributed by atoms with Gasteiger partial charge in [0.15, 0.2) is 29.3 Å². The van der Waals surface area contributed by atoms with E-state index in [9.17, 15) is 77.0 Å². The summed E-state index contributed by atoms with van der Waals surface area (Å²) in [5.74, 6) is -14.6. The molecule has 43 heteroatoms. The molecule has 0 bridgehead atoms. The zero-order valence-corrected chi connectivity index (χ0v) is 74.6. The highest BCUT2D eigenvalue weighted by Gasteiger charge is 2.51. The fourth-order valence-electron chi connectivity index (χ4n) is 16.0. The Balaban J connectivity index is 0.995. The Kier molecular flexibility index (Phi) is 43.3. The SMILES string of the molecule is CCOCCOCC(=O)NCCCC[C@H](NC(=O)COCCNC(=O)[C@H](CCCN=C(N)N)CC(=O)[C@@H](NC(=O)[C@H](CCCN=C(N)N)CC(=O)[C@H](CCCCN)NC(=O)[C@H](CC(N)=O)CC(=O)CNC(=O)[C@H](N)CS)C(C)O)C(=O)NCC(=O)O[C@]1(CC)C(=O)OCc2c1cc1n(c2=O)Cc2c-1nc1ccc(OC(=O)N3CCC(N4CCCCC4)CC3)cc1c2CC. The van der Waals surface area contributed by atoms with Crippen LogP contribution >= 0.6 is 12.6 Å². The molecule has 0 radical (unpaired) electrons. The summed E-state index contributed by atoms with van der Waals surface area (Å²) >= 11 is 3.97. The van der Waals surface area contributed by atoms with Gasteiger partial charge in [-0.1, -0.05) is 20.3 Å². The van der Waals surface area contributed by atoms with E-state index in [2.05, 4.69) is 64.7 Å². The normalized spacial score (nSPS) is 16.7. The summed E-state index contributed by atoms with van der Waals surface area (Å²) in [7, 11) is 0. The van der Waals surface area contributed by atoms with Gasteiger partial charge in [-0.2, -0.15) is 12.6 Å². The molecule has 1 aromatic carbocycles. The van der Waals surface area contributed by atoms with Crippen LogP contribution in [0.4, 0.5) is 4.79 Å². The number of nitrogens with two attached hydrogens (primary N) is 7. The molecule has 0 saturated carbocycles. The number of Topliss-reactive ketones (excluding diaryl/α,β-unsaturated/α-hetero) is 3. The Morgan fingerprint density at radius 2 is 1.30 bits per heavy atom. The molecule has 22 N–H and O–H groups in total. The standard InChI is InChI=1S/C85H130N20O22S/c1-5-57-58-41-56(126-84(121)104-32-23-54(24-33-104)103-30-13-8-14-31-103)21-22-63(58)100-74-59(57)45-105-66(74)42-61-60(80(105)119)46-125-81(120)85(61,6-2)127-72(113)44-98-79(118)65(20-10-12-26-93-70(111)47-124-36-35-122-7-3)99-71(112)48-123-34-29-94-75(114)51(17-15-27-95-82(89)90)39-68(109)73(50(4)106)102-76(115)52(18-16-28-96-83(91)92)38-67(108)64(19-9-11-25-86)101-77(116)53(40-69(88)110)37-55(107)43-97-78(117)62(87)49-128/h21-22,41-42,50-54,62,64-65,73,106,128H,5-20,23-40,43-49,86-87H2,1-4H3,(H2,88,110)(H,93,111)(H,94,114)(H,97,117)(H,98,118)(H,99,112)(H,101,116)(H,102,115)(H4,89,90,95)(H4,91,92,96)/t50?,51-,52-,53+,62-,64+,65+,73+,85+/m1/s1. The number of nitrogens with one attached hydrogen (secondary N) is 7. The van der Waals surface area contributed by atoms with Crippen LogP contribution in [-0.2, 0) is 111 Å². The van der Waals surface area contributed by atoms with E-state index in [-0.39, 0.29) is 139 Å². The average molecular weight is 1820 g/mol. The molecule has 2 aromatic heterocycles. The smallest absolute Gasteiger partial charge is 0.415 e. The van der Waals surface area contributed by atoms with Crippen molar-refractivity contribution >= 4 is 118 Å². The van der Waals surface area contributed by atoms with Gasteiger partial charge in [0.05, 0.1) is 79.5 Å². The molecule has 9 atom stereocenters. The van der Waals surface area contributed by atoms with E-state index < -0.39 is 194 Å². The number of primary amides is 1. The lowest BCUT2D eigenvalue weighted by Crippen LogP contribution is -2.51. The maximum Gasteiger partial charge on any atom is 0.415 e. The second kappa shape index (κ2) is 53.2. The second-order valence-corrected chi connectivity index (χ2v) is 32.6. The number of aliphatic hydroxyl groups is 1. The Morgan fingerprint density at radius 1 is 0.656 bits per heavy atom. The zero-order valence-electron chi connectivity index (χ0n) is 73.7. The van der Waals surface area contributed by atoms with E-state index in [0.29, 0.717) is 80.7 Å². The highest BCUT2D eigenvalue weighted by atomic mass is 32.1. The minimum Gasteiger partial charge on any atom is -0.457 e. The number of aromatic nitrogens is 2. The number of likely N-dealkylation sites (tertiary alicyclic amines) is 2. The van der Waals surface area contributed by atoms with Gasteiger partial charge in [-0.05, 0) is 166 Å². The van der Waals surface area contributed by atoms with Crippen molar-refractivity contribution in [2.24, 2.45) is 67.9 Å². The number of thiol groups is 1. The van der Waals surface area contributed by atoms with E-state index >= 15 is 0 Å². The predicted molar refractivity (Wildman–Crippen MR) is 473 cm³/mol. The van der Waals surface area contributed by atoms with E-state index in [4.69, 9.17) is 73.5 Å². The Hall–Kier alpha value is -10.8. The van der Waals surface area contributed by atoms with Crippen LogP contribution in [-0.4, -0.2) is 273 Å². The third-order valence-corrected chi connectivity index (χ3v) is 23.2. The Bertz CT molecular complexity index is 4470. The van der Waals surface area contributed by atoms with Gasteiger partial charge in [0.1, 0.15) is 44.2 Å². The number of ketones is 3. The van der Waals surface area contributed by atoms with Gasteiger partial charge >= 0.3 is 18.0 Å². The molecule has 42 nitrogen and oxygen atoms in total. The minimum atomic E-state index is -2.18. The summed E-state index contributed by atoms with van der Waals surface area (Å²) in [4.78, 5) is 223. The summed E-state index contributed by atoms with van der Waals surface area (Å²) < 4.78 is 35.4. The van der Waals surface area contributed by atoms with Gasteiger partial charge in [-0.25, -0.2) is 14.6 Å². The van der Waals surface area contributed by atoms with Crippen molar-refractivity contribution in [3.63, 3.8) is 0 Å². The largest absolute Gasteiger partial charge is 0.457 e. The molecule has 3 aromatic rings. The van der Waals surface area contributed by atoms with Crippen LogP contribution in [0.1, 0.15) is 178 Å². The first kappa shape index (κ1) is 104. The highest BCUT2D eigenvalue weighted by Crippen LogP contribution is 2.43. The monoisotopic (exact) mass is 1810 g/mol. The van der Waals surface area contributed by atoms with Crippen LogP contribution in [0.25, 0.3) is 22.3 Å². The molecule has 0 spiro atoms. The number of benzene rings is 1. The molecule has 0 aliphatic carbocycles. The maximum atomic E-state index is 14.7. The number of hydrogen-bond acceptors (Lipinski definition) is 29. The van der Waals surface area contributed by atoms with Gasteiger partial charge < -0.3 is 125 Å². The number of carbonyl (C=O) groups excluding carboxylic acids is 14. The first-order chi connectivity index (χ1) is 61.3. The number of aliphatic hydroxyl groups excluding tert-OH is 1. The minimum absolute atomic E-state index is 0.0101. The lowest BCUT2D eigenvalue weighted by atomic mass is 9.85. The van der Waals surface area contributed by atoms with E-state index in [1.807, 2.05) is 13.8 Å². The molecule has 7 rings (SSSR count). The lowest BCUT2D eigenvalue weighted by Gasteiger charge is -2.39. The van der Waals surface area contributed by atoms with Crippen LogP contribution < -0.4 is 87.6 Å². The number of carbonyl (C=O) groups is 14. The van der Waals surface area contributed by atoms with Gasteiger partial charge in [0.2, 0.25) is 52.9 Å². The van der Waals surface area contributed by atoms with Crippen LogP contribution in [0.15, 0.2) is 39.0 Å². The molecule has 128 heavy (non-hydrogen) atoms. The number of aryl methyl sites for hydroxylation is 1. The van der Waals surface area contributed by atoms with Crippen LogP contribution in [0.2, 0.25) is 0 Å². The fourth-order valence-corrected chi connectivity index (χ4v) is 16.1. The van der Waals surface area contributed by atoms with Crippen LogP contribution in [0.3, 0.4) is 0 Å². The highest BCUT2D eigenvalue weighted by molar-refractivity contribution is 7.80. The van der Waals surface area contributed by atoms with Crippen LogP contribution in [0, 0.1) is 17.8 Å². The topological polar surface area (TPSA) is 647 Å². The molecule has 4 aliphatic heterocycles. The summed E-state index contributed by atoms with van der Waals surface area (Å²) in [5.41, 5.74) is 39.6. The van der Waals surface area contributed by atoms with Crippen molar-refractivity contribution in [3.05, 3.63) is 56.9 Å². The number of aliphatic imine (C=N–C) groups is 2. The van der Waals surface area contributed by atoms with Crippen molar-refractivity contribution in [1.29, 1.82) is 0 Å².